The van der Waals surface area contributed by atoms with Gasteiger partial charge in [0, 0.05) is 11.8 Å². The fourth-order valence-electron chi connectivity index (χ4n) is 6.47. The van der Waals surface area contributed by atoms with Gasteiger partial charge >= 0.3 is 6.01 Å². The molecular formula is C40H58N4O5Si2. The molecule has 4 heterocycles. The normalized spacial score (nSPS) is 22.4. The third kappa shape index (κ3) is 7.70. The van der Waals surface area contributed by atoms with Crippen LogP contribution in [0.1, 0.15) is 78.1 Å². The quantitative estimate of drug-likeness (QED) is 0.153. The van der Waals surface area contributed by atoms with Crippen molar-refractivity contribution in [1.82, 2.24) is 19.5 Å². The Labute approximate surface area is 306 Å². The Balaban J connectivity index is 1.48. The molecule has 6 rings (SSSR count). The molecule has 2 aliphatic rings. The maximum Gasteiger partial charge on any atom is 0.320 e. The average Bonchev–Trinajstić information content (AvgIpc) is 3.70. The highest BCUT2D eigenvalue weighted by Gasteiger charge is 2.56. The number of nitrogens with one attached hydrogen (secondary N) is 1. The second-order valence-electron chi connectivity index (χ2n) is 17.7. The third-order valence-electron chi connectivity index (χ3n) is 11.5. The summed E-state index contributed by atoms with van der Waals surface area (Å²) in [7, 11) is -4.26. The van der Waals surface area contributed by atoms with Gasteiger partial charge in [-0.05, 0) is 48.1 Å². The number of hydrogen-bond donors (Lipinski definition) is 1. The Morgan fingerprint density at radius 1 is 0.784 bits per heavy atom. The molecule has 0 saturated carbocycles. The van der Waals surface area contributed by atoms with Gasteiger partial charge in [-0.3, -0.25) is 0 Å². The minimum atomic E-state index is -2.25. The van der Waals surface area contributed by atoms with E-state index in [4.69, 9.17) is 33.3 Å². The molecule has 0 unspecified atom stereocenters. The fraction of sp³-hybridized carbons (Fsp3) is 0.550. The van der Waals surface area contributed by atoms with Crippen molar-refractivity contribution in [1.29, 1.82) is 0 Å². The summed E-state index contributed by atoms with van der Waals surface area (Å²) < 4.78 is 35.6. The van der Waals surface area contributed by atoms with Crippen molar-refractivity contribution in [3.05, 3.63) is 83.6 Å². The second kappa shape index (κ2) is 13.7. The van der Waals surface area contributed by atoms with Crippen LogP contribution in [0.15, 0.2) is 66.9 Å². The molecule has 4 atom stereocenters. The maximum absolute atomic E-state index is 6.79. The van der Waals surface area contributed by atoms with Gasteiger partial charge in [0.05, 0.1) is 18.7 Å². The van der Waals surface area contributed by atoms with Crippen LogP contribution in [0.25, 0.3) is 11.0 Å². The summed E-state index contributed by atoms with van der Waals surface area (Å²) in [5.41, 5.74) is 4.81. The molecule has 11 heteroatoms. The molecule has 0 bridgehead atoms. The first kappa shape index (κ1) is 37.7. The summed E-state index contributed by atoms with van der Waals surface area (Å²) in [6.45, 7) is 28.4. The molecule has 51 heavy (non-hydrogen) atoms. The van der Waals surface area contributed by atoms with E-state index in [0.29, 0.717) is 25.7 Å². The highest BCUT2D eigenvalue weighted by molar-refractivity contribution is 6.79. The van der Waals surface area contributed by atoms with Crippen molar-refractivity contribution in [2.45, 2.75) is 135 Å². The summed E-state index contributed by atoms with van der Waals surface area (Å²) in [6, 6.07) is 20.3. The van der Waals surface area contributed by atoms with Gasteiger partial charge in [-0.2, -0.15) is 9.97 Å². The monoisotopic (exact) mass is 730 g/mol. The van der Waals surface area contributed by atoms with Gasteiger partial charge < -0.3 is 32.9 Å². The lowest BCUT2D eigenvalue weighted by molar-refractivity contribution is -0.157. The van der Waals surface area contributed by atoms with E-state index in [9.17, 15) is 0 Å². The van der Waals surface area contributed by atoms with Crippen LogP contribution in [0.3, 0.4) is 0 Å². The van der Waals surface area contributed by atoms with E-state index in [1.165, 1.54) is 0 Å². The molecule has 2 aromatic heterocycles. The lowest BCUT2D eigenvalue weighted by Crippen LogP contribution is -2.47. The van der Waals surface area contributed by atoms with E-state index in [-0.39, 0.29) is 40.4 Å². The number of aromatic nitrogens is 3. The summed E-state index contributed by atoms with van der Waals surface area (Å²) in [6.07, 6.45) is 1.85. The molecule has 4 aromatic rings. The van der Waals surface area contributed by atoms with E-state index in [2.05, 4.69) is 95.6 Å². The minimum absolute atomic E-state index is 0.00947. The Kier molecular flexibility index (Phi) is 10.1. The Morgan fingerprint density at radius 2 is 1.35 bits per heavy atom. The first-order chi connectivity index (χ1) is 23.8. The summed E-state index contributed by atoms with van der Waals surface area (Å²) in [4.78, 5) is 10.2. The van der Waals surface area contributed by atoms with Gasteiger partial charge in [-0.25, -0.2) is 0 Å². The van der Waals surface area contributed by atoms with E-state index in [1.807, 2.05) is 62.4 Å². The number of nitrogens with zero attached hydrogens (tertiary/aromatic N) is 3. The highest BCUT2D eigenvalue weighted by Crippen LogP contribution is 2.47. The lowest BCUT2D eigenvalue weighted by Gasteiger charge is -2.38. The molecule has 2 saturated heterocycles. The van der Waals surface area contributed by atoms with E-state index < -0.39 is 22.3 Å². The minimum Gasteiger partial charge on any atom is -0.471 e. The van der Waals surface area contributed by atoms with Gasteiger partial charge in [0.25, 0.3) is 0 Å². The van der Waals surface area contributed by atoms with Crippen LogP contribution in [0.4, 0.5) is 0 Å². The summed E-state index contributed by atoms with van der Waals surface area (Å²) >= 11 is 0. The Hall–Kier alpha value is -3.07. The molecule has 2 aliphatic heterocycles. The molecular weight excluding hydrogens is 673 g/mol. The summed E-state index contributed by atoms with van der Waals surface area (Å²) in [5, 5.41) is 4.03. The highest BCUT2D eigenvalue weighted by atomic mass is 28.4. The van der Waals surface area contributed by atoms with Crippen molar-refractivity contribution >= 4 is 27.6 Å². The van der Waals surface area contributed by atoms with Gasteiger partial charge in [-0.15, -0.1) is 0 Å². The zero-order valence-electron chi connectivity index (χ0n) is 32.7. The van der Waals surface area contributed by atoms with Gasteiger partial charge in [0.15, 0.2) is 22.3 Å². The van der Waals surface area contributed by atoms with Crippen molar-refractivity contribution in [2.24, 2.45) is 0 Å². The zero-order chi connectivity index (χ0) is 37.0. The molecule has 2 fully saturated rings. The van der Waals surface area contributed by atoms with Gasteiger partial charge in [0.1, 0.15) is 36.5 Å². The first-order valence-corrected chi connectivity index (χ1v) is 24.2. The molecule has 9 nitrogen and oxygen atoms in total. The van der Waals surface area contributed by atoms with E-state index in [0.717, 1.165) is 27.7 Å². The maximum atomic E-state index is 6.79. The summed E-state index contributed by atoms with van der Waals surface area (Å²) in [5.74, 6) is -0.217. The number of ether oxygens (including phenoxy) is 4. The van der Waals surface area contributed by atoms with E-state index >= 15 is 0 Å². The first-order valence-electron chi connectivity index (χ1n) is 18.3. The Bertz CT molecular complexity index is 1820. The number of hydrogen-bond acceptors (Lipinski definition) is 8. The second-order valence-corrected chi connectivity index (χ2v) is 27.6. The third-order valence-corrected chi connectivity index (χ3v) is 21.3. The van der Waals surface area contributed by atoms with E-state index in [1.54, 1.807) is 0 Å². The van der Waals surface area contributed by atoms with Crippen LogP contribution >= 0.6 is 0 Å². The van der Waals surface area contributed by atoms with Crippen LogP contribution in [0, 0.1) is 0 Å². The average molecular weight is 731 g/mol. The van der Waals surface area contributed by atoms with Crippen LogP contribution in [-0.2, 0) is 27.1 Å². The number of benzene rings is 2. The molecule has 0 aliphatic carbocycles. The smallest absolute Gasteiger partial charge is 0.320 e. The lowest BCUT2D eigenvalue weighted by atomic mass is 10.0. The standard InChI is InChI=1S/C40H58N4O5Si2/c1-38(2,3)50(9,10)44-23-29(32-35-34(48-40(7,8)49-35)30(41-32)26-47-51(11,12)39(4,5)6)31-33(44)36(45-24-27-19-15-13-16-20-27)43-37(42-31)46-25-28-21-17-14-18-22-28/h13-23,30,32,34-35,41H,24-26H2,1-12H3/t30-,32+,34-,35+/m1/s1. The van der Waals surface area contributed by atoms with Gasteiger partial charge in [0.2, 0.25) is 5.88 Å². The predicted molar refractivity (Wildman–Crippen MR) is 208 cm³/mol. The molecule has 1 N–H and O–H groups in total. The van der Waals surface area contributed by atoms with Gasteiger partial charge in [-0.1, -0.05) is 115 Å². The predicted octanol–water partition coefficient (Wildman–Crippen LogP) is 9.00. The number of fused-ring (bicyclic) bond motifs is 2. The van der Waals surface area contributed by atoms with Crippen LogP contribution in [0.2, 0.25) is 36.3 Å². The SMILES string of the molecule is CC1(C)O[C@@H]2[C@H](O1)[C@@H](CO[Si](C)(C)C(C)(C)C)N[C@H]2c1cn([Si](C)(C)C(C)(C)C)c2c(OCc3ccccc3)nc(OCc3ccccc3)nc12. The van der Waals surface area contributed by atoms with Crippen molar-refractivity contribution < 1.29 is 23.4 Å². The zero-order valence-corrected chi connectivity index (χ0v) is 34.7. The Morgan fingerprint density at radius 3 is 1.92 bits per heavy atom. The molecule has 276 valence electrons. The van der Waals surface area contributed by atoms with Crippen LogP contribution in [-0.4, -0.2) is 61.4 Å². The van der Waals surface area contributed by atoms with Crippen LogP contribution < -0.4 is 14.8 Å². The number of rotatable bonds is 11. The topological polar surface area (TPSA) is 88.9 Å². The van der Waals surface area contributed by atoms with Crippen molar-refractivity contribution in [2.75, 3.05) is 6.61 Å². The molecule has 0 spiro atoms. The van der Waals surface area contributed by atoms with Crippen molar-refractivity contribution in [3.63, 3.8) is 0 Å². The molecule has 2 aromatic carbocycles. The molecule has 0 radical (unpaired) electrons. The van der Waals surface area contributed by atoms with Crippen LogP contribution in [0.5, 0.6) is 11.9 Å². The molecule has 0 amide bonds. The van der Waals surface area contributed by atoms with Crippen molar-refractivity contribution in [3.8, 4) is 11.9 Å². The largest absolute Gasteiger partial charge is 0.471 e. The fourth-order valence-corrected chi connectivity index (χ4v) is 9.45.